The van der Waals surface area contributed by atoms with Gasteiger partial charge in [-0.15, -0.1) is 0 Å². The minimum absolute atomic E-state index is 0.0793. The molecule has 2 aromatic rings. The Bertz CT molecular complexity index is 894. The molecule has 2 aromatic carbocycles. The van der Waals surface area contributed by atoms with Crippen LogP contribution in [0.4, 0.5) is 5.69 Å². The Labute approximate surface area is 179 Å². The number of hydrogen-bond donors (Lipinski definition) is 1. The Kier molecular flexibility index (Phi) is 6.48. The molecule has 1 unspecified atom stereocenters. The van der Waals surface area contributed by atoms with Crippen molar-refractivity contribution in [1.82, 2.24) is 10.2 Å². The van der Waals surface area contributed by atoms with Crippen molar-refractivity contribution >= 4 is 17.5 Å². The minimum atomic E-state index is -0.558. The minimum Gasteiger partial charge on any atom is -0.355 e. The SMILES string of the molecule is CCc1ccc(N2CCC(C(=O)NCCCN3CCc4ccccc4C3)C2=O)cc1. The third-order valence-corrected chi connectivity index (χ3v) is 6.34. The monoisotopic (exact) mass is 405 g/mol. The zero-order valence-electron chi connectivity index (χ0n) is 17.8. The number of nitrogens with one attached hydrogen (secondary N) is 1. The number of carbonyl (C=O) groups is 2. The van der Waals surface area contributed by atoms with Gasteiger partial charge in [0.05, 0.1) is 0 Å². The van der Waals surface area contributed by atoms with E-state index in [9.17, 15) is 9.59 Å². The molecular formula is C25H31N3O2. The molecule has 2 heterocycles. The van der Waals surface area contributed by atoms with E-state index in [0.29, 0.717) is 19.5 Å². The molecule has 1 fully saturated rings. The summed E-state index contributed by atoms with van der Waals surface area (Å²) in [7, 11) is 0. The molecule has 5 heteroatoms. The zero-order chi connectivity index (χ0) is 20.9. The normalized spacial score (nSPS) is 19.0. The molecule has 0 saturated carbocycles. The average Bonchev–Trinajstić information content (AvgIpc) is 3.18. The quantitative estimate of drug-likeness (QED) is 0.569. The molecule has 0 bridgehead atoms. The maximum atomic E-state index is 12.8. The molecule has 0 aliphatic carbocycles. The largest absolute Gasteiger partial charge is 0.355 e. The van der Waals surface area contributed by atoms with Gasteiger partial charge < -0.3 is 10.2 Å². The van der Waals surface area contributed by atoms with Crippen molar-refractivity contribution in [3.05, 3.63) is 65.2 Å². The second-order valence-electron chi connectivity index (χ2n) is 8.29. The van der Waals surface area contributed by atoms with E-state index in [2.05, 4.69) is 53.5 Å². The van der Waals surface area contributed by atoms with Crippen LogP contribution in [-0.2, 0) is 29.0 Å². The lowest BCUT2D eigenvalue weighted by atomic mass is 10.00. The molecule has 2 aliphatic rings. The van der Waals surface area contributed by atoms with Crippen molar-refractivity contribution in [3.63, 3.8) is 0 Å². The van der Waals surface area contributed by atoms with Gasteiger partial charge in [-0.25, -0.2) is 0 Å². The van der Waals surface area contributed by atoms with Gasteiger partial charge in [0.1, 0.15) is 5.92 Å². The maximum Gasteiger partial charge on any atom is 0.239 e. The van der Waals surface area contributed by atoms with Gasteiger partial charge >= 0.3 is 0 Å². The van der Waals surface area contributed by atoms with Gasteiger partial charge in [0.15, 0.2) is 0 Å². The van der Waals surface area contributed by atoms with E-state index in [1.165, 1.54) is 16.7 Å². The Morgan fingerprint density at radius 3 is 2.60 bits per heavy atom. The first kappa shape index (κ1) is 20.6. The maximum absolute atomic E-state index is 12.8. The average molecular weight is 406 g/mol. The molecule has 2 amide bonds. The molecule has 30 heavy (non-hydrogen) atoms. The van der Waals surface area contributed by atoms with Crippen LogP contribution in [0.15, 0.2) is 48.5 Å². The first-order valence-corrected chi connectivity index (χ1v) is 11.1. The predicted molar refractivity (Wildman–Crippen MR) is 119 cm³/mol. The highest BCUT2D eigenvalue weighted by molar-refractivity contribution is 6.09. The fourth-order valence-corrected chi connectivity index (χ4v) is 4.47. The molecule has 5 nitrogen and oxygen atoms in total. The molecule has 158 valence electrons. The summed E-state index contributed by atoms with van der Waals surface area (Å²) in [5.41, 5.74) is 5.00. The molecule has 0 aromatic heterocycles. The fourth-order valence-electron chi connectivity index (χ4n) is 4.47. The van der Waals surface area contributed by atoms with E-state index >= 15 is 0 Å². The van der Waals surface area contributed by atoms with Crippen LogP contribution in [0.2, 0.25) is 0 Å². The third kappa shape index (κ3) is 4.57. The number of rotatable bonds is 7. The van der Waals surface area contributed by atoms with E-state index in [4.69, 9.17) is 0 Å². The lowest BCUT2D eigenvalue weighted by Gasteiger charge is -2.28. The van der Waals surface area contributed by atoms with Gasteiger partial charge in [-0.2, -0.15) is 0 Å². The van der Waals surface area contributed by atoms with Gasteiger partial charge in [-0.1, -0.05) is 43.3 Å². The number of hydrogen-bond acceptors (Lipinski definition) is 3. The number of benzene rings is 2. The van der Waals surface area contributed by atoms with Crippen molar-refractivity contribution in [1.29, 1.82) is 0 Å². The molecule has 2 aliphatic heterocycles. The number of amides is 2. The molecule has 1 atom stereocenters. The van der Waals surface area contributed by atoms with Crippen LogP contribution in [0.3, 0.4) is 0 Å². The molecular weight excluding hydrogens is 374 g/mol. The van der Waals surface area contributed by atoms with E-state index in [0.717, 1.165) is 44.6 Å². The van der Waals surface area contributed by atoms with E-state index in [-0.39, 0.29) is 11.8 Å². The Hall–Kier alpha value is -2.66. The van der Waals surface area contributed by atoms with Gasteiger partial charge in [0, 0.05) is 38.4 Å². The summed E-state index contributed by atoms with van der Waals surface area (Å²) in [4.78, 5) is 29.5. The number of carbonyl (C=O) groups excluding carboxylic acids is 2. The van der Waals surface area contributed by atoms with E-state index in [1.54, 1.807) is 4.90 Å². The highest BCUT2D eigenvalue weighted by Gasteiger charge is 2.37. The first-order valence-electron chi connectivity index (χ1n) is 11.1. The van der Waals surface area contributed by atoms with Gasteiger partial charge in [0.25, 0.3) is 0 Å². The van der Waals surface area contributed by atoms with Crippen LogP contribution in [0.25, 0.3) is 0 Å². The third-order valence-electron chi connectivity index (χ3n) is 6.34. The van der Waals surface area contributed by atoms with Crippen molar-refractivity contribution < 1.29 is 9.59 Å². The van der Waals surface area contributed by atoms with E-state index < -0.39 is 5.92 Å². The van der Waals surface area contributed by atoms with Gasteiger partial charge in [-0.05, 0) is 54.5 Å². The van der Waals surface area contributed by atoms with Crippen LogP contribution < -0.4 is 10.2 Å². The topological polar surface area (TPSA) is 52.7 Å². The molecule has 0 radical (unpaired) electrons. The smallest absolute Gasteiger partial charge is 0.239 e. The number of aryl methyl sites for hydroxylation is 1. The second kappa shape index (κ2) is 9.43. The van der Waals surface area contributed by atoms with Crippen molar-refractivity contribution in [3.8, 4) is 0 Å². The number of nitrogens with zero attached hydrogens (tertiary/aromatic N) is 2. The van der Waals surface area contributed by atoms with Crippen LogP contribution in [0.5, 0.6) is 0 Å². The van der Waals surface area contributed by atoms with Crippen molar-refractivity contribution in [2.45, 2.75) is 39.2 Å². The molecule has 4 rings (SSSR count). The van der Waals surface area contributed by atoms with Crippen LogP contribution in [-0.4, -0.2) is 42.9 Å². The lowest BCUT2D eigenvalue weighted by molar-refractivity contribution is -0.132. The summed E-state index contributed by atoms with van der Waals surface area (Å²) >= 11 is 0. The highest BCUT2D eigenvalue weighted by atomic mass is 16.2. The second-order valence-corrected chi connectivity index (χ2v) is 8.29. The molecule has 1 saturated heterocycles. The summed E-state index contributed by atoms with van der Waals surface area (Å²) in [5.74, 6) is -0.765. The fraction of sp³-hybridized carbons (Fsp3) is 0.440. The van der Waals surface area contributed by atoms with Gasteiger partial charge in [0.2, 0.25) is 11.8 Å². The van der Waals surface area contributed by atoms with Crippen LogP contribution >= 0.6 is 0 Å². The summed E-state index contributed by atoms with van der Waals surface area (Å²) in [6.07, 6.45) is 3.55. The number of anilines is 1. The highest BCUT2D eigenvalue weighted by Crippen LogP contribution is 2.26. The summed E-state index contributed by atoms with van der Waals surface area (Å²) in [5, 5.41) is 2.99. The van der Waals surface area contributed by atoms with Gasteiger partial charge in [-0.3, -0.25) is 14.5 Å². The van der Waals surface area contributed by atoms with E-state index in [1.807, 2.05) is 12.1 Å². The summed E-state index contributed by atoms with van der Waals surface area (Å²) in [6.45, 7) is 6.35. The first-order chi connectivity index (χ1) is 14.7. The molecule has 1 N–H and O–H groups in total. The standard InChI is InChI=1S/C25H31N3O2/c1-2-19-8-10-22(11-9-19)28-17-13-23(25(28)30)24(29)26-14-5-15-27-16-12-20-6-3-4-7-21(20)18-27/h3-4,6-11,23H,2,5,12-18H2,1H3,(H,26,29). The van der Waals surface area contributed by atoms with Crippen LogP contribution in [0, 0.1) is 5.92 Å². The Balaban J connectivity index is 1.21. The van der Waals surface area contributed by atoms with Crippen LogP contribution in [0.1, 0.15) is 36.5 Å². The summed E-state index contributed by atoms with van der Waals surface area (Å²) in [6, 6.07) is 16.7. The zero-order valence-corrected chi connectivity index (χ0v) is 17.8. The Morgan fingerprint density at radius 1 is 1.07 bits per heavy atom. The number of fused-ring (bicyclic) bond motifs is 1. The predicted octanol–water partition coefficient (Wildman–Crippen LogP) is 3.17. The lowest BCUT2D eigenvalue weighted by Crippen LogP contribution is -2.38. The molecule has 0 spiro atoms. The van der Waals surface area contributed by atoms with Crippen molar-refractivity contribution in [2.75, 3.05) is 31.1 Å². The summed E-state index contributed by atoms with van der Waals surface area (Å²) < 4.78 is 0. The van der Waals surface area contributed by atoms with Crippen molar-refractivity contribution in [2.24, 2.45) is 5.92 Å². The Morgan fingerprint density at radius 2 is 1.83 bits per heavy atom.